The molecule has 0 radical (unpaired) electrons. The number of fused-ring (bicyclic) bond motifs is 1. The van der Waals surface area contributed by atoms with Crippen LogP contribution in [0.25, 0.3) is 22.2 Å². The van der Waals surface area contributed by atoms with Crippen molar-refractivity contribution in [1.29, 1.82) is 0 Å². The lowest BCUT2D eigenvalue weighted by molar-refractivity contribution is -0.121. The van der Waals surface area contributed by atoms with E-state index in [9.17, 15) is 9.59 Å². The first kappa shape index (κ1) is 18.4. The molecule has 0 spiro atoms. The maximum Gasteiger partial charge on any atom is 0.269 e. The van der Waals surface area contributed by atoms with Crippen molar-refractivity contribution in [3.63, 3.8) is 0 Å². The number of hydrogen-bond donors (Lipinski definition) is 2. The molecule has 0 aliphatic heterocycles. The van der Waals surface area contributed by atoms with Crippen molar-refractivity contribution in [2.45, 2.75) is 13.3 Å². The summed E-state index contributed by atoms with van der Waals surface area (Å²) in [5, 5.41) is 5.82. The number of rotatable bonds is 4. The fraction of sp³-hybridized carbons (Fsp3) is 0.0909. The van der Waals surface area contributed by atoms with E-state index in [-0.39, 0.29) is 12.3 Å². The summed E-state index contributed by atoms with van der Waals surface area (Å²) in [6.07, 6.45) is 0.164. The molecule has 1 aromatic heterocycles. The van der Waals surface area contributed by atoms with Crippen LogP contribution in [0.1, 0.15) is 21.7 Å². The topological polar surface area (TPSA) is 97.1 Å². The normalized spacial score (nSPS) is 10.7. The molecule has 0 unspecified atom stereocenters. The molecule has 0 saturated carbocycles. The molecular formula is C22H18N4O3. The van der Waals surface area contributed by atoms with Crippen LogP contribution in [0.2, 0.25) is 0 Å². The van der Waals surface area contributed by atoms with Crippen LogP contribution in [0.15, 0.2) is 71.3 Å². The van der Waals surface area contributed by atoms with Gasteiger partial charge in [0.2, 0.25) is 5.91 Å². The Morgan fingerprint density at radius 3 is 2.45 bits per heavy atom. The van der Waals surface area contributed by atoms with Crippen LogP contribution in [-0.4, -0.2) is 22.0 Å². The molecule has 1 heterocycles. The van der Waals surface area contributed by atoms with E-state index in [1.807, 2.05) is 42.5 Å². The third kappa shape index (κ3) is 4.14. The summed E-state index contributed by atoms with van der Waals surface area (Å²) >= 11 is 0. The van der Waals surface area contributed by atoms with Gasteiger partial charge in [-0.05, 0) is 47.5 Å². The number of carbonyl (C=O) groups excluding carboxylic acids is 2. The first-order chi connectivity index (χ1) is 14.1. The number of amides is 2. The van der Waals surface area contributed by atoms with Crippen molar-refractivity contribution in [3.8, 4) is 11.5 Å². The largest absolute Gasteiger partial charge is 0.334 e. The van der Waals surface area contributed by atoms with E-state index in [2.05, 4.69) is 21.0 Å². The molecule has 0 fully saturated rings. The highest BCUT2D eigenvalue weighted by molar-refractivity contribution is 5.96. The molecule has 2 amide bonds. The predicted octanol–water partition coefficient (Wildman–Crippen LogP) is 3.20. The third-order valence-corrected chi connectivity index (χ3v) is 4.47. The lowest BCUT2D eigenvalue weighted by atomic mass is 10.0. The van der Waals surface area contributed by atoms with Gasteiger partial charge in [0.1, 0.15) is 0 Å². The maximum absolute atomic E-state index is 12.3. The number of hydrogen-bond acceptors (Lipinski definition) is 5. The Labute approximate surface area is 166 Å². The van der Waals surface area contributed by atoms with Crippen LogP contribution in [-0.2, 0) is 11.2 Å². The van der Waals surface area contributed by atoms with Crippen molar-refractivity contribution >= 4 is 22.6 Å². The van der Waals surface area contributed by atoms with E-state index in [0.29, 0.717) is 22.8 Å². The van der Waals surface area contributed by atoms with Gasteiger partial charge in [-0.25, -0.2) is 0 Å². The van der Waals surface area contributed by atoms with E-state index in [0.717, 1.165) is 16.3 Å². The Morgan fingerprint density at radius 2 is 1.69 bits per heavy atom. The Balaban J connectivity index is 1.37. The highest BCUT2D eigenvalue weighted by Gasteiger charge is 2.11. The van der Waals surface area contributed by atoms with Gasteiger partial charge in [0.15, 0.2) is 5.82 Å². The fourth-order valence-electron chi connectivity index (χ4n) is 3.04. The smallest absolute Gasteiger partial charge is 0.269 e. The first-order valence-electron chi connectivity index (χ1n) is 9.07. The zero-order valence-electron chi connectivity index (χ0n) is 15.7. The van der Waals surface area contributed by atoms with Crippen molar-refractivity contribution < 1.29 is 14.1 Å². The van der Waals surface area contributed by atoms with Crippen molar-refractivity contribution in [3.05, 3.63) is 83.7 Å². The molecule has 4 rings (SSSR count). The van der Waals surface area contributed by atoms with Crippen LogP contribution < -0.4 is 10.9 Å². The Morgan fingerprint density at radius 1 is 0.931 bits per heavy atom. The van der Waals surface area contributed by atoms with Gasteiger partial charge < -0.3 is 4.52 Å². The molecule has 3 aromatic carbocycles. The van der Waals surface area contributed by atoms with Gasteiger partial charge in [0.25, 0.3) is 11.8 Å². The van der Waals surface area contributed by atoms with E-state index < -0.39 is 5.91 Å². The zero-order chi connectivity index (χ0) is 20.2. The highest BCUT2D eigenvalue weighted by atomic mass is 16.5. The van der Waals surface area contributed by atoms with Gasteiger partial charge in [-0.2, -0.15) is 4.98 Å². The number of hydrazine groups is 1. The molecular weight excluding hydrogens is 368 g/mol. The monoisotopic (exact) mass is 386 g/mol. The number of aromatic nitrogens is 2. The fourth-order valence-corrected chi connectivity index (χ4v) is 3.04. The second kappa shape index (κ2) is 7.93. The molecule has 0 aliphatic carbocycles. The Kier molecular flexibility index (Phi) is 5.03. The number of nitrogens with one attached hydrogen (secondary N) is 2. The minimum Gasteiger partial charge on any atom is -0.334 e. The molecule has 29 heavy (non-hydrogen) atoms. The molecule has 0 bridgehead atoms. The first-order valence-corrected chi connectivity index (χ1v) is 9.07. The molecule has 144 valence electrons. The summed E-state index contributed by atoms with van der Waals surface area (Å²) in [6.45, 7) is 1.73. The minimum absolute atomic E-state index is 0.164. The summed E-state index contributed by atoms with van der Waals surface area (Å²) in [5.41, 5.74) is 6.91. The van der Waals surface area contributed by atoms with Crippen LogP contribution in [0, 0.1) is 6.92 Å². The highest BCUT2D eigenvalue weighted by Crippen LogP contribution is 2.19. The van der Waals surface area contributed by atoms with Gasteiger partial charge in [-0.15, -0.1) is 0 Å². The van der Waals surface area contributed by atoms with Gasteiger partial charge in [-0.3, -0.25) is 20.4 Å². The third-order valence-electron chi connectivity index (χ3n) is 4.47. The van der Waals surface area contributed by atoms with E-state index in [4.69, 9.17) is 4.52 Å². The number of nitrogens with zero attached hydrogens (tertiary/aromatic N) is 2. The van der Waals surface area contributed by atoms with Crippen molar-refractivity contribution in [1.82, 2.24) is 21.0 Å². The van der Waals surface area contributed by atoms with Gasteiger partial charge in [-0.1, -0.05) is 47.6 Å². The summed E-state index contributed by atoms with van der Waals surface area (Å²) in [6, 6.07) is 20.3. The predicted molar refractivity (Wildman–Crippen MR) is 108 cm³/mol. The van der Waals surface area contributed by atoms with Crippen LogP contribution in [0.3, 0.4) is 0 Å². The molecule has 7 heteroatoms. The minimum atomic E-state index is -0.412. The summed E-state index contributed by atoms with van der Waals surface area (Å²) in [4.78, 5) is 28.7. The molecule has 0 aliphatic rings. The second-order valence-corrected chi connectivity index (χ2v) is 6.54. The summed E-state index contributed by atoms with van der Waals surface area (Å²) in [5.74, 6) is 0.214. The molecule has 4 aromatic rings. The van der Waals surface area contributed by atoms with E-state index in [1.54, 1.807) is 31.2 Å². The molecule has 7 nitrogen and oxygen atoms in total. The number of carbonyl (C=O) groups is 2. The van der Waals surface area contributed by atoms with E-state index in [1.165, 1.54) is 0 Å². The number of benzene rings is 3. The van der Waals surface area contributed by atoms with Gasteiger partial charge in [0.05, 0.1) is 6.42 Å². The quantitative estimate of drug-likeness (QED) is 0.525. The van der Waals surface area contributed by atoms with Gasteiger partial charge in [0, 0.05) is 11.1 Å². The zero-order valence-corrected chi connectivity index (χ0v) is 15.7. The maximum atomic E-state index is 12.3. The van der Waals surface area contributed by atoms with Crippen LogP contribution in [0.4, 0.5) is 0 Å². The Hall–Kier alpha value is -4.00. The number of aryl methyl sites for hydroxylation is 1. The standard InChI is InChI=1S/C22H18N4O3/c1-14-23-22(29-26-14)17-11-9-16(10-12-17)21(28)25-24-20(27)13-18-7-4-6-15-5-2-3-8-19(15)18/h2-12H,13H2,1H3,(H,24,27)(H,25,28). The lowest BCUT2D eigenvalue weighted by Gasteiger charge is -2.09. The van der Waals surface area contributed by atoms with Gasteiger partial charge >= 0.3 is 0 Å². The Bertz CT molecular complexity index is 1180. The average molecular weight is 386 g/mol. The van der Waals surface area contributed by atoms with E-state index >= 15 is 0 Å². The molecule has 2 N–H and O–H groups in total. The average Bonchev–Trinajstić information content (AvgIpc) is 3.19. The van der Waals surface area contributed by atoms with Crippen LogP contribution in [0.5, 0.6) is 0 Å². The summed E-state index contributed by atoms with van der Waals surface area (Å²) in [7, 11) is 0. The van der Waals surface area contributed by atoms with Crippen molar-refractivity contribution in [2.75, 3.05) is 0 Å². The second-order valence-electron chi connectivity index (χ2n) is 6.54. The van der Waals surface area contributed by atoms with Crippen molar-refractivity contribution in [2.24, 2.45) is 0 Å². The van der Waals surface area contributed by atoms with Crippen LogP contribution >= 0.6 is 0 Å². The molecule has 0 atom stereocenters. The SMILES string of the molecule is Cc1noc(-c2ccc(C(=O)NNC(=O)Cc3cccc4ccccc34)cc2)n1. The molecule has 0 saturated heterocycles. The summed E-state index contributed by atoms with van der Waals surface area (Å²) < 4.78 is 5.10. The lowest BCUT2D eigenvalue weighted by Crippen LogP contribution is -2.42.